The Morgan fingerprint density at radius 2 is 2.50 bits per heavy atom. The van der Waals surface area contributed by atoms with Gasteiger partial charge in [-0.05, 0) is 35.2 Å². The molecule has 1 unspecified atom stereocenters. The molecule has 14 heavy (non-hydrogen) atoms. The van der Waals surface area contributed by atoms with E-state index in [9.17, 15) is 4.79 Å². The Hall–Kier alpha value is -0.420. The highest BCUT2D eigenvalue weighted by atomic mass is 79.9. The van der Waals surface area contributed by atoms with Crippen molar-refractivity contribution >= 4 is 33.2 Å². The van der Waals surface area contributed by atoms with E-state index < -0.39 is 0 Å². The summed E-state index contributed by atoms with van der Waals surface area (Å²) in [4.78, 5) is 16.9. The molecule has 0 amide bonds. The summed E-state index contributed by atoms with van der Waals surface area (Å²) in [6.45, 7) is 0. The van der Waals surface area contributed by atoms with Gasteiger partial charge in [-0.1, -0.05) is 0 Å². The van der Waals surface area contributed by atoms with Gasteiger partial charge < -0.3 is 4.74 Å². The average Bonchev–Trinajstić information content (AvgIpc) is 2.56. The Bertz CT molecular complexity index is 364. The lowest BCUT2D eigenvalue weighted by Gasteiger charge is -2.18. The summed E-state index contributed by atoms with van der Waals surface area (Å²) in [5.74, 6) is -0.227. The fraction of sp³-hybridized carbons (Fsp3) is 0.556. The highest BCUT2D eigenvalue weighted by Gasteiger charge is 2.30. The number of hydrogen-bond acceptors (Lipinski definition) is 4. The second-order valence-electron chi connectivity index (χ2n) is 3.25. The number of carbonyl (C=O) groups excluding carboxylic acids is 1. The molecule has 1 aliphatic rings. The zero-order chi connectivity index (χ0) is 10.1. The van der Waals surface area contributed by atoms with Crippen molar-refractivity contribution in [2.24, 2.45) is 0 Å². The van der Waals surface area contributed by atoms with E-state index in [2.05, 4.69) is 20.9 Å². The zero-order valence-electron chi connectivity index (χ0n) is 7.75. The van der Waals surface area contributed by atoms with Crippen molar-refractivity contribution in [2.45, 2.75) is 25.2 Å². The minimum absolute atomic E-state index is 0.0902. The number of aryl methyl sites for hydroxylation is 1. The quantitative estimate of drug-likeness (QED) is 0.740. The molecule has 0 bridgehead atoms. The predicted molar refractivity (Wildman–Crippen MR) is 57.5 cm³/mol. The third kappa shape index (κ3) is 1.70. The highest BCUT2D eigenvalue weighted by molar-refractivity contribution is 9.11. The summed E-state index contributed by atoms with van der Waals surface area (Å²) in [7, 11) is 1.44. The molecule has 0 aromatic carbocycles. The first kappa shape index (κ1) is 10.1. The molecule has 1 aromatic heterocycles. The summed E-state index contributed by atoms with van der Waals surface area (Å²) in [6.07, 6.45) is 2.88. The van der Waals surface area contributed by atoms with Crippen molar-refractivity contribution in [2.75, 3.05) is 7.11 Å². The lowest BCUT2D eigenvalue weighted by Crippen LogP contribution is -2.18. The van der Waals surface area contributed by atoms with Gasteiger partial charge in [0.05, 0.1) is 18.7 Å². The van der Waals surface area contributed by atoms with E-state index in [0.29, 0.717) is 0 Å². The standard InChI is InChI=1S/C9H10BrNO2S/c1-13-8(12)5-3-2-4-6-7(5)14-9(10)11-6/h5H,2-4H2,1H3. The molecule has 1 aliphatic carbocycles. The number of aromatic nitrogens is 1. The molecule has 76 valence electrons. The minimum Gasteiger partial charge on any atom is -0.469 e. The average molecular weight is 276 g/mol. The van der Waals surface area contributed by atoms with Gasteiger partial charge in [-0.15, -0.1) is 11.3 Å². The number of hydrogen-bond donors (Lipinski definition) is 0. The van der Waals surface area contributed by atoms with Gasteiger partial charge in [0.1, 0.15) is 0 Å². The normalized spacial score (nSPS) is 20.3. The van der Waals surface area contributed by atoms with E-state index in [1.807, 2.05) is 0 Å². The summed E-state index contributed by atoms with van der Waals surface area (Å²) < 4.78 is 5.64. The number of nitrogens with zero attached hydrogens (tertiary/aromatic N) is 1. The number of halogens is 1. The monoisotopic (exact) mass is 275 g/mol. The molecule has 3 nitrogen and oxygen atoms in total. The molecule has 1 atom stereocenters. The Morgan fingerprint density at radius 1 is 1.71 bits per heavy atom. The fourth-order valence-corrected chi connectivity index (χ4v) is 3.45. The molecule has 0 saturated heterocycles. The van der Waals surface area contributed by atoms with Crippen molar-refractivity contribution in [1.29, 1.82) is 0 Å². The fourth-order valence-electron chi connectivity index (χ4n) is 1.76. The van der Waals surface area contributed by atoms with Crippen LogP contribution in [0.25, 0.3) is 0 Å². The van der Waals surface area contributed by atoms with Crippen molar-refractivity contribution in [1.82, 2.24) is 4.98 Å². The lowest BCUT2D eigenvalue weighted by atomic mass is 9.92. The van der Waals surface area contributed by atoms with Gasteiger partial charge in [-0.2, -0.15) is 0 Å². The lowest BCUT2D eigenvalue weighted by molar-refractivity contribution is -0.142. The Kier molecular flexibility index (Phi) is 2.88. The van der Waals surface area contributed by atoms with Crippen LogP contribution in [-0.4, -0.2) is 18.1 Å². The Morgan fingerprint density at radius 3 is 3.21 bits per heavy atom. The number of methoxy groups -OCH3 is 1. The zero-order valence-corrected chi connectivity index (χ0v) is 10.2. The molecule has 0 N–H and O–H groups in total. The minimum atomic E-state index is -0.137. The predicted octanol–water partition coefficient (Wildman–Crippen LogP) is 2.50. The van der Waals surface area contributed by atoms with Gasteiger partial charge in [0, 0.05) is 4.88 Å². The van der Waals surface area contributed by atoms with Gasteiger partial charge in [0.15, 0.2) is 3.92 Å². The third-order valence-electron chi connectivity index (χ3n) is 2.41. The van der Waals surface area contributed by atoms with E-state index in [4.69, 9.17) is 4.74 Å². The third-order valence-corrected chi connectivity index (χ3v) is 4.07. The summed E-state index contributed by atoms with van der Waals surface area (Å²) >= 11 is 4.89. The molecule has 0 spiro atoms. The molecule has 0 fully saturated rings. The summed E-state index contributed by atoms with van der Waals surface area (Å²) in [5.41, 5.74) is 1.06. The van der Waals surface area contributed by atoms with Gasteiger partial charge in [-0.3, -0.25) is 4.79 Å². The maximum Gasteiger partial charge on any atom is 0.314 e. The largest absolute Gasteiger partial charge is 0.469 e. The van der Waals surface area contributed by atoms with Crippen molar-refractivity contribution in [3.05, 3.63) is 14.5 Å². The van der Waals surface area contributed by atoms with Crippen LogP contribution in [0.4, 0.5) is 0 Å². The van der Waals surface area contributed by atoms with Gasteiger partial charge in [-0.25, -0.2) is 4.98 Å². The van der Waals surface area contributed by atoms with Crippen molar-refractivity contribution in [3.63, 3.8) is 0 Å². The smallest absolute Gasteiger partial charge is 0.314 e. The highest BCUT2D eigenvalue weighted by Crippen LogP contribution is 2.37. The molecular formula is C9H10BrNO2S. The Balaban J connectivity index is 2.34. The summed E-state index contributed by atoms with van der Waals surface area (Å²) in [5, 5.41) is 0. The van der Waals surface area contributed by atoms with Crippen LogP contribution in [-0.2, 0) is 16.0 Å². The van der Waals surface area contributed by atoms with Crippen LogP contribution in [0.5, 0.6) is 0 Å². The molecule has 0 aliphatic heterocycles. The van der Waals surface area contributed by atoms with Crippen LogP contribution < -0.4 is 0 Å². The van der Waals surface area contributed by atoms with Crippen LogP contribution >= 0.6 is 27.3 Å². The van der Waals surface area contributed by atoms with Crippen LogP contribution in [0.3, 0.4) is 0 Å². The number of rotatable bonds is 1. The molecule has 2 rings (SSSR count). The van der Waals surface area contributed by atoms with Crippen LogP contribution in [0.2, 0.25) is 0 Å². The van der Waals surface area contributed by atoms with E-state index in [0.717, 1.165) is 33.8 Å². The molecule has 0 radical (unpaired) electrons. The summed E-state index contributed by atoms with van der Waals surface area (Å²) in [6, 6.07) is 0. The van der Waals surface area contributed by atoms with Gasteiger partial charge >= 0.3 is 5.97 Å². The van der Waals surface area contributed by atoms with Crippen molar-refractivity contribution in [3.8, 4) is 0 Å². The Labute approximate surface area is 94.6 Å². The number of ether oxygens (including phenoxy) is 1. The molecule has 5 heteroatoms. The molecule has 0 saturated carbocycles. The second kappa shape index (κ2) is 3.98. The second-order valence-corrected chi connectivity index (χ2v) is 5.55. The van der Waals surface area contributed by atoms with E-state index in [1.54, 1.807) is 11.3 Å². The first-order chi connectivity index (χ1) is 6.72. The number of fused-ring (bicyclic) bond motifs is 1. The van der Waals surface area contributed by atoms with Crippen LogP contribution in [0, 0.1) is 0 Å². The maximum atomic E-state index is 11.5. The van der Waals surface area contributed by atoms with E-state index >= 15 is 0 Å². The topological polar surface area (TPSA) is 39.2 Å². The number of carbonyl (C=O) groups is 1. The van der Waals surface area contributed by atoms with Crippen LogP contribution in [0.1, 0.15) is 29.3 Å². The van der Waals surface area contributed by atoms with E-state index in [-0.39, 0.29) is 11.9 Å². The van der Waals surface area contributed by atoms with E-state index in [1.165, 1.54) is 7.11 Å². The molecule has 1 heterocycles. The maximum absolute atomic E-state index is 11.5. The number of esters is 1. The SMILES string of the molecule is COC(=O)C1CCCc2nc(Br)sc21. The van der Waals surface area contributed by atoms with Crippen molar-refractivity contribution < 1.29 is 9.53 Å². The molecule has 1 aromatic rings. The molecular weight excluding hydrogens is 266 g/mol. The first-order valence-corrected chi connectivity index (χ1v) is 6.06. The van der Waals surface area contributed by atoms with Gasteiger partial charge in [0.25, 0.3) is 0 Å². The first-order valence-electron chi connectivity index (χ1n) is 4.45. The number of thiazole rings is 1. The van der Waals surface area contributed by atoms with Crippen LogP contribution in [0.15, 0.2) is 3.92 Å². The van der Waals surface area contributed by atoms with Gasteiger partial charge in [0.2, 0.25) is 0 Å².